The SMILES string of the molecule is O=C1NC=NC(Cl)(Cl)N1. The minimum Gasteiger partial charge on any atom is -0.299 e. The van der Waals surface area contributed by atoms with Crippen LogP contribution in [-0.2, 0) is 0 Å². The molecule has 0 aromatic heterocycles. The molecule has 0 aromatic carbocycles. The molecule has 0 saturated heterocycles. The molecule has 0 aliphatic carbocycles. The maximum Gasteiger partial charge on any atom is 0.323 e. The summed E-state index contributed by atoms with van der Waals surface area (Å²) in [5.41, 5.74) is 0. The van der Waals surface area contributed by atoms with Crippen LogP contribution in [0, 0.1) is 0 Å². The van der Waals surface area contributed by atoms with E-state index in [0.717, 1.165) is 6.34 Å². The molecule has 0 radical (unpaired) electrons. The molecule has 50 valence electrons. The van der Waals surface area contributed by atoms with Crippen molar-refractivity contribution >= 4 is 35.6 Å². The van der Waals surface area contributed by atoms with E-state index in [1.54, 1.807) is 0 Å². The highest BCUT2D eigenvalue weighted by Crippen LogP contribution is 2.18. The largest absolute Gasteiger partial charge is 0.323 e. The molecule has 2 N–H and O–H groups in total. The summed E-state index contributed by atoms with van der Waals surface area (Å²) in [7, 11) is 0. The van der Waals surface area contributed by atoms with E-state index in [2.05, 4.69) is 15.6 Å². The van der Waals surface area contributed by atoms with Gasteiger partial charge in [0.05, 0.1) is 6.34 Å². The smallest absolute Gasteiger partial charge is 0.299 e. The Morgan fingerprint density at radius 3 is 2.67 bits per heavy atom. The van der Waals surface area contributed by atoms with E-state index in [4.69, 9.17) is 23.2 Å². The topological polar surface area (TPSA) is 53.5 Å². The van der Waals surface area contributed by atoms with Crippen LogP contribution in [0.15, 0.2) is 4.99 Å². The Balaban J connectivity index is 2.71. The highest BCUT2D eigenvalue weighted by Gasteiger charge is 2.26. The van der Waals surface area contributed by atoms with E-state index < -0.39 is 10.6 Å². The third kappa shape index (κ3) is 1.73. The fraction of sp³-hybridized carbons (Fsp3) is 0.333. The van der Waals surface area contributed by atoms with Gasteiger partial charge in [-0.2, -0.15) is 0 Å². The summed E-state index contributed by atoms with van der Waals surface area (Å²) in [6.07, 6.45) is 1.14. The van der Waals surface area contributed by atoms with Crippen molar-refractivity contribution in [2.24, 2.45) is 4.99 Å². The van der Waals surface area contributed by atoms with E-state index in [1.807, 2.05) is 0 Å². The number of carbonyl (C=O) groups is 1. The highest BCUT2D eigenvalue weighted by molar-refractivity contribution is 6.49. The summed E-state index contributed by atoms with van der Waals surface area (Å²) in [5, 5.41) is 4.37. The average Bonchev–Trinajstić information content (AvgIpc) is 1.60. The summed E-state index contributed by atoms with van der Waals surface area (Å²) in [6, 6.07) is -0.463. The Hall–Kier alpha value is -0.480. The van der Waals surface area contributed by atoms with Gasteiger partial charge in [-0.25, -0.2) is 9.79 Å². The maximum absolute atomic E-state index is 10.4. The molecule has 1 heterocycles. The van der Waals surface area contributed by atoms with Crippen molar-refractivity contribution in [1.29, 1.82) is 0 Å². The fourth-order valence-electron chi connectivity index (χ4n) is 0.377. The van der Waals surface area contributed by atoms with Crippen molar-refractivity contribution in [3.63, 3.8) is 0 Å². The number of rotatable bonds is 0. The molecule has 1 aliphatic heterocycles. The molecule has 0 fully saturated rings. The van der Waals surface area contributed by atoms with Crippen molar-refractivity contribution in [3.8, 4) is 0 Å². The first-order chi connectivity index (χ1) is 4.10. The van der Waals surface area contributed by atoms with Gasteiger partial charge >= 0.3 is 6.03 Å². The van der Waals surface area contributed by atoms with E-state index in [9.17, 15) is 4.79 Å². The van der Waals surface area contributed by atoms with Gasteiger partial charge in [0.1, 0.15) is 0 Å². The van der Waals surface area contributed by atoms with E-state index in [-0.39, 0.29) is 0 Å². The van der Waals surface area contributed by atoms with Crippen LogP contribution in [0.2, 0.25) is 0 Å². The highest BCUT2D eigenvalue weighted by atomic mass is 35.5. The van der Waals surface area contributed by atoms with Gasteiger partial charge in [-0.15, -0.1) is 0 Å². The van der Waals surface area contributed by atoms with Crippen LogP contribution in [0.5, 0.6) is 0 Å². The molecule has 4 nitrogen and oxygen atoms in total. The second-order valence-electron chi connectivity index (χ2n) is 1.40. The van der Waals surface area contributed by atoms with Crippen LogP contribution in [0.1, 0.15) is 0 Å². The van der Waals surface area contributed by atoms with Gasteiger partial charge in [-0.3, -0.25) is 10.6 Å². The van der Waals surface area contributed by atoms with Crippen LogP contribution in [-0.4, -0.2) is 17.0 Å². The third-order valence-corrected chi connectivity index (χ3v) is 1.07. The summed E-state index contributed by atoms with van der Waals surface area (Å²) >= 11 is 10.7. The molecule has 6 heteroatoms. The molecule has 2 amide bonds. The number of alkyl halides is 2. The van der Waals surface area contributed by atoms with Crippen LogP contribution in [0.4, 0.5) is 4.79 Å². The number of urea groups is 1. The van der Waals surface area contributed by atoms with E-state index in [0.29, 0.717) is 0 Å². The van der Waals surface area contributed by atoms with E-state index in [1.165, 1.54) is 0 Å². The van der Waals surface area contributed by atoms with Gasteiger partial charge in [-0.1, -0.05) is 23.2 Å². The Morgan fingerprint density at radius 1 is 1.67 bits per heavy atom. The molecule has 9 heavy (non-hydrogen) atoms. The number of aliphatic imine (C=N–C) groups is 1. The number of nitrogens with one attached hydrogen (secondary N) is 2. The Labute approximate surface area is 61.2 Å². The average molecular weight is 168 g/mol. The molecule has 1 aliphatic rings. The summed E-state index contributed by atoms with van der Waals surface area (Å²) < 4.78 is -1.50. The van der Waals surface area contributed by atoms with Gasteiger partial charge in [-0.05, 0) is 0 Å². The van der Waals surface area contributed by atoms with Gasteiger partial charge in [0.2, 0.25) is 0 Å². The predicted octanol–water partition coefficient (Wildman–Crippen LogP) is 0.416. The van der Waals surface area contributed by atoms with Crippen molar-refractivity contribution in [1.82, 2.24) is 10.6 Å². The van der Waals surface area contributed by atoms with Crippen LogP contribution < -0.4 is 10.6 Å². The monoisotopic (exact) mass is 167 g/mol. The number of hydrogen-bond acceptors (Lipinski definition) is 2. The molecular formula is C3H3Cl2N3O. The van der Waals surface area contributed by atoms with Gasteiger partial charge in [0.25, 0.3) is 4.58 Å². The Bertz CT molecular complexity index is 166. The van der Waals surface area contributed by atoms with Crippen molar-refractivity contribution in [3.05, 3.63) is 0 Å². The Kier molecular flexibility index (Phi) is 1.50. The van der Waals surface area contributed by atoms with Gasteiger partial charge < -0.3 is 0 Å². The van der Waals surface area contributed by atoms with Gasteiger partial charge in [0, 0.05) is 0 Å². The van der Waals surface area contributed by atoms with Crippen molar-refractivity contribution in [2.45, 2.75) is 4.58 Å². The lowest BCUT2D eigenvalue weighted by Crippen LogP contribution is -2.48. The summed E-state index contributed by atoms with van der Waals surface area (Å²) in [5.74, 6) is 0. The summed E-state index contributed by atoms with van der Waals surface area (Å²) in [4.78, 5) is 13.9. The number of carbonyl (C=O) groups excluding carboxylic acids is 1. The molecule has 1 rings (SSSR count). The lowest BCUT2D eigenvalue weighted by molar-refractivity contribution is 0.242. The quantitative estimate of drug-likeness (QED) is 0.399. The molecule has 0 spiro atoms. The maximum atomic E-state index is 10.4. The summed E-state index contributed by atoms with van der Waals surface area (Å²) in [6.45, 7) is 0. The molecule has 0 saturated carbocycles. The predicted molar refractivity (Wildman–Crippen MR) is 34.6 cm³/mol. The van der Waals surface area contributed by atoms with Gasteiger partial charge in [0.15, 0.2) is 0 Å². The van der Waals surface area contributed by atoms with E-state index >= 15 is 0 Å². The first-order valence-corrected chi connectivity index (χ1v) is 2.86. The third-order valence-electron chi connectivity index (χ3n) is 0.686. The zero-order valence-corrected chi connectivity index (χ0v) is 5.70. The fourth-order valence-corrected chi connectivity index (χ4v) is 0.646. The van der Waals surface area contributed by atoms with Crippen molar-refractivity contribution < 1.29 is 4.79 Å². The molecular weight excluding hydrogens is 165 g/mol. The van der Waals surface area contributed by atoms with Crippen LogP contribution >= 0.6 is 23.2 Å². The molecule has 0 aromatic rings. The van der Waals surface area contributed by atoms with Crippen molar-refractivity contribution in [2.75, 3.05) is 0 Å². The number of hydrogen-bond donors (Lipinski definition) is 2. The first-order valence-electron chi connectivity index (χ1n) is 2.10. The Morgan fingerprint density at radius 2 is 2.33 bits per heavy atom. The zero-order chi connectivity index (χ0) is 6.91. The minimum atomic E-state index is -1.50. The molecule has 0 atom stereocenters. The minimum absolute atomic E-state index is 0.463. The van der Waals surface area contributed by atoms with Crippen LogP contribution in [0.25, 0.3) is 0 Å². The number of amides is 2. The second-order valence-corrected chi connectivity index (χ2v) is 2.69. The second kappa shape index (κ2) is 2.04. The van der Waals surface area contributed by atoms with Crippen LogP contribution in [0.3, 0.4) is 0 Å². The number of halogens is 2. The molecule has 0 bridgehead atoms. The normalized spacial score (nSPS) is 22.7. The standard InChI is InChI=1S/C3H3Cl2N3O/c4-3(5)7-1-6-2(9)8-3/h1H,(H2,6,7,8,9). The lowest BCUT2D eigenvalue weighted by Gasteiger charge is -2.19. The molecule has 0 unspecified atom stereocenters. The lowest BCUT2D eigenvalue weighted by atomic mass is 10.8. The zero-order valence-electron chi connectivity index (χ0n) is 4.19. The first kappa shape index (κ1) is 6.64. The number of nitrogens with zero attached hydrogens (tertiary/aromatic N) is 1.